The summed E-state index contributed by atoms with van der Waals surface area (Å²) in [5.41, 5.74) is 3.82. The van der Waals surface area contributed by atoms with E-state index in [2.05, 4.69) is 43.4 Å². The fourth-order valence-corrected chi connectivity index (χ4v) is 9.60. The van der Waals surface area contributed by atoms with Crippen molar-refractivity contribution in [2.75, 3.05) is 25.5 Å². The number of hydrogen-bond donors (Lipinski definition) is 3. The standard InChI is InChI=1S/C29H44ClN5O5Si/c1-7-16-39-27(38)24-18-29(40-41(8-2,9-3)10-4)21-14-13-20(30)17-22(21)33-28(29)34(24)26(37)23-12-11-15-32-35(23)25(36)19(5)31-6/h7,13-14,17,19,23-24,28,31-33H,1,8-12,15-16,18H2,2-6H3/t19-,23-,24-,28-,29+/m0/s1. The number of halogens is 1. The van der Waals surface area contributed by atoms with Crippen molar-refractivity contribution in [1.29, 1.82) is 0 Å². The molecule has 3 N–H and O–H groups in total. The highest BCUT2D eigenvalue weighted by atomic mass is 35.5. The zero-order valence-corrected chi connectivity index (χ0v) is 26.6. The van der Waals surface area contributed by atoms with Gasteiger partial charge in [0.1, 0.15) is 30.5 Å². The lowest BCUT2D eigenvalue weighted by Gasteiger charge is -2.43. The average Bonchev–Trinajstić information content (AvgIpc) is 3.46. The van der Waals surface area contributed by atoms with Gasteiger partial charge in [-0.3, -0.25) is 14.6 Å². The van der Waals surface area contributed by atoms with Gasteiger partial charge in [-0.15, -0.1) is 0 Å². The number of amides is 2. The number of carbonyl (C=O) groups is 3. The Morgan fingerprint density at radius 1 is 1.24 bits per heavy atom. The fourth-order valence-electron chi connectivity index (χ4n) is 6.42. The lowest BCUT2D eigenvalue weighted by Crippen LogP contribution is -2.64. The molecule has 1 aromatic carbocycles. The quantitative estimate of drug-likeness (QED) is 0.199. The molecule has 3 aliphatic rings. The van der Waals surface area contributed by atoms with Crippen LogP contribution in [0.2, 0.25) is 23.2 Å². The van der Waals surface area contributed by atoms with Crippen molar-refractivity contribution in [3.8, 4) is 0 Å². The molecule has 4 rings (SSSR count). The maximum Gasteiger partial charge on any atom is 0.329 e. The van der Waals surface area contributed by atoms with Gasteiger partial charge in [-0.2, -0.15) is 0 Å². The lowest BCUT2D eigenvalue weighted by molar-refractivity contribution is -0.160. The summed E-state index contributed by atoms with van der Waals surface area (Å²) < 4.78 is 12.9. The number of nitrogens with one attached hydrogen (secondary N) is 3. The Morgan fingerprint density at radius 3 is 2.59 bits per heavy atom. The summed E-state index contributed by atoms with van der Waals surface area (Å²) in [5.74, 6) is -1.08. The molecule has 0 radical (unpaired) electrons. The van der Waals surface area contributed by atoms with Crippen LogP contribution in [0.5, 0.6) is 0 Å². The van der Waals surface area contributed by atoms with Crippen molar-refractivity contribution in [2.24, 2.45) is 0 Å². The van der Waals surface area contributed by atoms with Crippen molar-refractivity contribution < 1.29 is 23.5 Å². The number of benzene rings is 1. The first kappa shape index (κ1) is 31.5. The SMILES string of the molecule is C=CCOC(=O)[C@@H]1C[C@@]2(O[Si](CC)(CC)CC)c3ccc(Cl)cc3N[C@H]2N1C(=O)[C@@H]1CCCNN1C(=O)[C@H](C)NC. The Hall–Kier alpha value is -2.44. The highest BCUT2D eigenvalue weighted by molar-refractivity contribution is 6.73. The van der Waals surface area contributed by atoms with Crippen LogP contribution >= 0.6 is 11.6 Å². The third kappa shape index (κ3) is 5.66. The van der Waals surface area contributed by atoms with E-state index in [1.165, 1.54) is 11.1 Å². The predicted octanol–water partition coefficient (Wildman–Crippen LogP) is 3.74. The summed E-state index contributed by atoms with van der Waals surface area (Å²) >= 11 is 6.40. The number of fused-ring (bicyclic) bond motifs is 3. The second-order valence-corrected chi connectivity index (χ2v) is 16.3. The molecule has 1 aromatic rings. The molecule has 0 bridgehead atoms. The predicted molar refractivity (Wildman–Crippen MR) is 162 cm³/mol. The summed E-state index contributed by atoms with van der Waals surface area (Å²) in [6, 6.07) is 6.09. The minimum Gasteiger partial charge on any atom is -0.460 e. The second-order valence-electron chi connectivity index (χ2n) is 11.1. The Labute approximate surface area is 249 Å². The van der Waals surface area contributed by atoms with Crippen LogP contribution in [0.4, 0.5) is 5.69 Å². The van der Waals surface area contributed by atoms with Gasteiger partial charge in [-0.1, -0.05) is 51.1 Å². The van der Waals surface area contributed by atoms with Gasteiger partial charge in [0.15, 0.2) is 8.32 Å². The minimum absolute atomic E-state index is 0.0301. The number of likely N-dealkylation sites (tertiary alicyclic amines) is 1. The first-order valence-corrected chi connectivity index (χ1v) is 17.6. The van der Waals surface area contributed by atoms with Gasteiger partial charge in [0.2, 0.25) is 5.91 Å². The third-order valence-corrected chi connectivity index (χ3v) is 14.0. The first-order chi connectivity index (χ1) is 19.6. The molecule has 0 unspecified atom stereocenters. The van der Waals surface area contributed by atoms with E-state index in [9.17, 15) is 14.4 Å². The van der Waals surface area contributed by atoms with Crippen LogP contribution in [0, 0.1) is 0 Å². The number of likely N-dealkylation sites (N-methyl/N-ethyl adjacent to an activating group) is 1. The highest BCUT2D eigenvalue weighted by Crippen LogP contribution is 2.55. The fraction of sp³-hybridized carbons (Fsp3) is 0.621. The molecule has 41 heavy (non-hydrogen) atoms. The van der Waals surface area contributed by atoms with Gasteiger partial charge in [0.05, 0.1) is 6.04 Å². The van der Waals surface area contributed by atoms with E-state index in [4.69, 9.17) is 20.8 Å². The Kier molecular flexibility index (Phi) is 9.85. The molecule has 3 aliphatic heterocycles. The summed E-state index contributed by atoms with van der Waals surface area (Å²) in [6.07, 6.45) is 2.24. The number of rotatable bonds is 11. The zero-order chi connectivity index (χ0) is 29.9. The van der Waals surface area contributed by atoms with Crippen LogP contribution in [0.3, 0.4) is 0 Å². The van der Waals surface area contributed by atoms with Crippen molar-refractivity contribution in [3.63, 3.8) is 0 Å². The van der Waals surface area contributed by atoms with Crippen LogP contribution < -0.4 is 16.1 Å². The number of hydrazine groups is 1. The van der Waals surface area contributed by atoms with Crippen LogP contribution in [-0.4, -0.2) is 80.5 Å². The van der Waals surface area contributed by atoms with Gasteiger partial charge in [-0.25, -0.2) is 10.2 Å². The number of nitrogens with zero attached hydrogens (tertiary/aromatic N) is 2. The van der Waals surface area contributed by atoms with E-state index in [1.807, 2.05) is 18.2 Å². The van der Waals surface area contributed by atoms with Gasteiger partial charge in [0, 0.05) is 29.2 Å². The van der Waals surface area contributed by atoms with Gasteiger partial charge in [0.25, 0.3) is 5.91 Å². The van der Waals surface area contributed by atoms with E-state index >= 15 is 0 Å². The monoisotopic (exact) mass is 605 g/mol. The Balaban J connectivity index is 1.83. The summed E-state index contributed by atoms with van der Waals surface area (Å²) in [4.78, 5) is 43.1. The van der Waals surface area contributed by atoms with Crippen LogP contribution in [0.25, 0.3) is 0 Å². The average molecular weight is 606 g/mol. The normalized spacial score (nSPS) is 26.1. The molecular weight excluding hydrogens is 562 g/mol. The number of anilines is 1. The first-order valence-electron chi connectivity index (χ1n) is 14.7. The Morgan fingerprint density at radius 2 is 1.95 bits per heavy atom. The molecule has 2 saturated heterocycles. The van der Waals surface area contributed by atoms with E-state index in [0.717, 1.165) is 29.4 Å². The maximum absolute atomic E-state index is 14.6. The molecule has 10 nitrogen and oxygen atoms in total. The smallest absolute Gasteiger partial charge is 0.329 e. The topological polar surface area (TPSA) is 112 Å². The number of carbonyl (C=O) groups excluding carboxylic acids is 3. The summed E-state index contributed by atoms with van der Waals surface area (Å²) in [7, 11) is -0.563. The molecule has 12 heteroatoms. The van der Waals surface area contributed by atoms with Gasteiger partial charge >= 0.3 is 5.97 Å². The number of hydrogen-bond acceptors (Lipinski definition) is 8. The number of ether oxygens (including phenoxy) is 1. The highest BCUT2D eigenvalue weighted by Gasteiger charge is 2.64. The number of esters is 1. The summed E-state index contributed by atoms with van der Waals surface area (Å²) in [6.45, 7) is 12.5. The second kappa shape index (κ2) is 12.8. The molecule has 3 heterocycles. The Bertz CT molecular complexity index is 1160. The van der Waals surface area contributed by atoms with Crippen molar-refractivity contribution in [1.82, 2.24) is 20.7 Å². The van der Waals surface area contributed by atoms with Crippen LogP contribution in [0.1, 0.15) is 52.5 Å². The largest absolute Gasteiger partial charge is 0.460 e. The van der Waals surface area contributed by atoms with Crippen LogP contribution in [0.15, 0.2) is 30.9 Å². The molecule has 0 spiro atoms. The molecule has 0 aliphatic carbocycles. The van der Waals surface area contributed by atoms with E-state index < -0.39 is 44.2 Å². The van der Waals surface area contributed by atoms with Gasteiger partial charge < -0.3 is 24.7 Å². The summed E-state index contributed by atoms with van der Waals surface area (Å²) in [5, 5.41) is 8.48. The molecule has 5 atom stereocenters. The van der Waals surface area contributed by atoms with Crippen molar-refractivity contribution >= 4 is 43.4 Å². The molecule has 226 valence electrons. The van der Waals surface area contributed by atoms with Gasteiger partial charge in [-0.05, 0) is 57.1 Å². The molecule has 2 fully saturated rings. The molecule has 0 saturated carbocycles. The van der Waals surface area contributed by atoms with Crippen molar-refractivity contribution in [2.45, 2.75) is 95.0 Å². The lowest BCUT2D eigenvalue weighted by atomic mass is 9.91. The maximum atomic E-state index is 14.6. The molecular formula is C29H44ClN5O5Si. The molecule has 0 aromatic heterocycles. The zero-order valence-electron chi connectivity index (χ0n) is 24.8. The van der Waals surface area contributed by atoms with E-state index in [0.29, 0.717) is 24.4 Å². The van der Waals surface area contributed by atoms with E-state index in [1.54, 1.807) is 18.9 Å². The van der Waals surface area contributed by atoms with Crippen molar-refractivity contribution in [3.05, 3.63) is 41.4 Å². The minimum atomic E-state index is -2.27. The van der Waals surface area contributed by atoms with E-state index in [-0.39, 0.29) is 24.8 Å². The molecule has 2 amide bonds. The third-order valence-electron chi connectivity index (χ3n) is 9.06. The van der Waals surface area contributed by atoms with Crippen LogP contribution in [-0.2, 0) is 29.1 Å².